The van der Waals surface area contributed by atoms with Gasteiger partial charge in [-0.3, -0.25) is 5.10 Å². The van der Waals surface area contributed by atoms with Crippen molar-refractivity contribution in [2.75, 3.05) is 0 Å². The van der Waals surface area contributed by atoms with Gasteiger partial charge in [-0.05, 0) is 26.8 Å². The maximum Gasteiger partial charge on any atom is 0.112 e. The van der Waals surface area contributed by atoms with Crippen LogP contribution >= 0.6 is 11.3 Å². The number of H-pyrrole nitrogens is 1. The molecule has 86 valence electrons. The van der Waals surface area contributed by atoms with Gasteiger partial charge in [0.2, 0.25) is 0 Å². The number of aryl methyl sites for hydroxylation is 1. The molecule has 2 aromatic heterocycles. The van der Waals surface area contributed by atoms with Gasteiger partial charge in [0.15, 0.2) is 0 Å². The average molecular weight is 236 g/mol. The average Bonchev–Trinajstić information content (AvgIpc) is 2.85. The lowest BCUT2D eigenvalue weighted by Crippen LogP contribution is -2.35. The van der Waals surface area contributed by atoms with Gasteiger partial charge in [-0.1, -0.05) is 0 Å². The summed E-state index contributed by atoms with van der Waals surface area (Å²) in [6.45, 7) is 7.13. The third-order valence-corrected chi connectivity index (χ3v) is 3.67. The Morgan fingerprint density at radius 3 is 2.88 bits per heavy atom. The fourth-order valence-electron chi connectivity index (χ4n) is 1.42. The normalized spacial score (nSPS) is 11.9. The van der Waals surface area contributed by atoms with Crippen molar-refractivity contribution in [2.45, 2.75) is 32.9 Å². The van der Waals surface area contributed by atoms with Crippen LogP contribution in [0.5, 0.6) is 0 Å². The summed E-state index contributed by atoms with van der Waals surface area (Å²) < 4.78 is 0. The van der Waals surface area contributed by atoms with E-state index in [1.54, 1.807) is 17.5 Å². The van der Waals surface area contributed by atoms with Crippen LogP contribution in [-0.4, -0.2) is 15.2 Å². The molecule has 0 aliphatic carbocycles. The van der Waals surface area contributed by atoms with Crippen molar-refractivity contribution in [2.24, 2.45) is 0 Å². The summed E-state index contributed by atoms with van der Waals surface area (Å²) in [5, 5.41) is 11.4. The molecule has 2 heterocycles. The second-order valence-electron chi connectivity index (χ2n) is 4.34. The van der Waals surface area contributed by atoms with Gasteiger partial charge in [0.05, 0.1) is 5.54 Å². The third kappa shape index (κ3) is 2.48. The lowest BCUT2D eigenvalue weighted by Gasteiger charge is -2.23. The molecule has 2 N–H and O–H groups in total. The second kappa shape index (κ2) is 4.35. The van der Waals surface area contributed by atoms with E-state index in [0.717, 1.165) is 17.2 Å². The molecule has 0 aliphatic rings. The Morgan fingerprint density at radius 2 is 2.31 bits per heavy atom. The zero-order chi connectivity index (χ0) is 11.6. The summed E-state index contributed by atoms with van der Waals surface area (Å²) in [6, 6.07) is 1.97. The SMILES string of the molecule is Cc1cnc(C(C)(C)NCc2ccn[nH]2)s1. The Balaban J connectivity index is 2.02. The Bertz CT molecular complexity index is 444. The standard InChI is InChI=1S/C11H16N4S/c1-8-6-12-10(16-8)11(2,3)13-7-9-4-5-14-15-9/h4-6,13H,7H2,1-3H3,(H,14,15). The molecule has 2 rings (SSSR count). The Morgan fingerprint density at radius 1 is 1.50 bits per heavy atom. The van der Waals surface area contributed by atoms with Crippen molar-refractivity contribution in [1.29, 1.82) is 0 Å². The summed E-state index contributed by atoms with van der Waals surface area (Å²) in [4.78, 5) is 5.66. The molecule has 0 fully saturated rings. The minimum atomic E-state index is -0.107. The molecular formula is C11H16N4S. The van der Waals surface area contributed by atoms with Crippen LogP contribution in [0.1, 0.15) is 29.4 Å². The fraction of sp³-hybridized carbons (Fsp3) is 0.455. The number of aromatic nitrogens is 3. The van der Waals surface area contributed by atoms with Crippen molar-refractivity contribution in [1.82, 2.24) is 20.5 Å². The summed E-state index contributed by atoms with van der Waals surface area (Å²) in [7, 11) is 0. The number of hydrogen-bond donors (Lipinski definition) is 2. The lowest BCUT2D eigenvalue weighted by molar-refractivity contribution is 0.396. The summed E-state index contributed by atoms with van der Waals surface area (Å²) >= 11 is 1.73. The predicted octanol–water partition coefficient (Wildman–Crippen LogP) is 2.20. The summed E-state index contributed by atoms with van der Waals surface area (Å²) in [6.07, 6.45) is 3.68. The zero-order valence-electron chi connectivity index (χ0n) is 9.74. The predicted molar refractivity (Wildman–Crippen MR) is 65.3 cm³/mol. The van der Waals surface area contributed by atoms with Crippen molar-refractivity contribution < 1.29 is 0 Å². The van der Waals surface area contributed by atoms with Crippen molar-refractivity contribution in [3.05, 3.63) is 34.0 Å². The molecule has 0 saturated carbocycles. The number of rotatable bonds is 4. The monoisotopic (exact) mass is 236 g/mol. The highest BCUT2D eigenvalue weighted by molar-refractivity contribution is 7.11. The quantitative estimate of drug-likeness (QED) is 0.855. The maximum absolute atomic E-state index is 4.42. The summed E-state index contributed by atoms with van der Waals surface area (Å²) in [5.41, 5.74) is 0.977. The first-order valence-corrected chi connectivity index (χ1v) is 6.06. The van der Waals surface area contributed by atoms with Crippen LogP contribution in [0, 0.1) is 6.92 Å². The van der Waals surface area contributed by atoms with Crippen molar-refractivity contribution in [3.8, 4) is 0 Å². The minimum absolute atomic E-state index is 0.107. The van der Waals surface area contributed by atoms with Crippen LogP contribution in [0.4, 0.5) is 0 Å². The summed E-state index contributed by atoms with van der Waals surface area (Å²) in [5.74, 6) is 0. The number of nitrogens with one attached hydrogen (secondary N) is 2. The number of thiazole rings is 1. The molecule has 2 aromatic rings. The van der Waals surface area contributed by atoms with Crippen LogP contribution in [-0.2, 0) is 12.1 Å². The first-order chi connectivity index (χ1) is 7.58. The molecule has 0 aromatic carbocycles. The zero-order valence-corrected chi connectivity index (χ0v) is 10.6. The largest absolute Gasteiger partial charge is 0.300 e. The Kier molecular flexibility index (Phi) is 3.07. The van der Waals surface area contributed by atoms with Gasteiger partial charge >= 0.3 is 0 Å². The van der Waals surface area contributed by atoms with Gasteiger partial charge in [0, 0.05) is 29.5 Å². The topological polar surface area (TPSA) is 53.6 Å². The molecule has 0 unspecified atom stereocenters. The number of nitrogens with zero attached hydrogens (tertiary/aromatic N) is 2. The van der Waals surface area contributed by atoms with E-state index in [-0.39, 0.29) is 5.54 Å². The van der Waals surface area contributed by atoms with Crippen molar-refractivity contribution >= 4 is 11.3 Å². The molecule has 16 heavy (non-hydrogen) atoms. The third-order valence-electron chi connectivity index (χ3n) is 2.44. The molecule has 0 radical (unpaired) electrons. The maximum atomic E-state index is 4.42. The van der Waals surface area contributed by atoms with Gasteiger partial charge in [-0.15, -0.1) is 11.3 Å². The van der Waals surface area contributed by atoms with Crippen LogP contribution in [0.3, 0.4) is 0 Å². The molecule has 0 bridgehead atoms. The lowest BCUT2D eigenvalue weighted by atomic mass is 10.1. The molecule has 0 atom stereocenters. The van der Waals surface area contributed by atoms with E-state index >= 15 is 0 Å². The Labute approximate surface area is 99.1 Å². The van der Waals surface area contributed by atoms with E-state index in [1.165, 1.54) is 4.88 Å². The van der Waals surface area contributed by atoms with Gasteiger partial charge in [-0.2, -0.15) is 5.10 Å². The van der Waals surface area contributed by atoms with Gasteiger partial charge in [0.1, 0.15) is 5.01 Å². The van der Waals surface area contributed by atoms with Crippen LogP contribution in [0.25, 0.3) is 0 Å². The van der Waals surface area contributed by atoms with E-state index in [4.69, 9.17) is 0 Å². The fourth-order valence-corrected chi connectivity index (χ4v) is 2.26. The highest BCUT2D eigenvalue weighted by Crippen LogP contribution is 2.24. The van der Waals surface area contributed by atoms with Gasteiger partial charge in [-0.25, -0.2) is 4.98 Å². The number of aromatic amines is 1. The molecule has 0 amide bonds. The molecule has 5 heteroatoms. The second-order valence-corrected chi connectivity index (χ2v) is 5.57. The van der Waals surface area contributed by atoms with E-state index in [2.05, 4.69) is 41.3 Å². The van der Waals surface area contributed by atoms with Crippen LogP contribution in [0.15, 0.2) is 18.5 Å². The molecule has 0 saturated heterocycles. The van der Waals surface area contributed by atoms with E-state index < -0.39 is 0 Å². The van der Waals surface area contributed by atoms with Gasteiger partial charge < -0.3 is 5.32 Å². The Hall–Kier alpha value is -1.20. The highest BCUT2D eigenvalue weighted by atomic mass is 32.1. The highest BCUT2D eigenvalue weighted by Gasteiger charge is 2.23. The molecule has 4 nitrogen and oxygen atoms in total. The van der Waals surface area contributed by atoms with Crippen LogP contribution in [0.2, 0.25) is 0 Å². The number of hydrogen-bond acceptors (Lipinski definition) is 4. The van der Waals surface area contributed by atoms with Crippen molar-refractivity contribution in [3.63, 3.8) is 0 Å². The molecule has 0 spiro atoms. The van der Waals surface area contributed by atoms with E-state index in [1.807, 2.05) is 12.3 Å². The smallest absolute Gasteiger partial charge is 0.112 e. The van der Waals surface area contributed by atoms with E-state index in [9.17, 15) is 0 Å². The first-order valence-electron chi connectivity index (χ1n) is 5.24. The van der Waals surface area contributed by atoms with Gasteiger partial charge in [0.25, 0.3) is 0 Å². The molecular weight excluding hydrogens is 220 g/mol. The first kappa shape index (κ1) is 11.3. The molecule has 0 aliphatic heterocycles. The minimum Gasteiger partial charge on any atom is -0.300 e. The van der Waals surface area contributed by atoms with E-state index in [0.29, 0.717) is 0 Å². The van der Waals surface area contributed by atoms with Crippen LogP contribution < -0.4 is 5.32 Å².